The fraction of sp³-hybridized carbons (Fsp3) is 0.900. The highest BCUT2D eigenvalue weighted by atomic mass is 15.6. The Morgan fingerprint density at radius 2 is 1.71 bits per heavy atom. The number of hydrogen-bond acceptors (Lipinski definition) is 4. The summed E-state index contributed by atoms with van der Waals surface area (Å²) in [6.45, 7) is 5.68. The zero-order valence-corrected chi connectivity index (χ0v) is 8.39. The molecule has 0 unspecified atom stereocenters. The largest absolute Gasteiger partial charge is 0.275 e. The minimum Gasteiger partial charge on any atom is -0.275 e. The van der Waals surface area contributed by atoms with E-state index in [0.717, 1.165) is 13.1 Å². The van der Waals surface area contributed by atoms with E-state index in [2.05, 4.69) is 20.8 Å². The van der Waals surface area contributed by atoms with Crippen molar-refractivity contribution in [3.8, 4) is 6.07 Å². The molecular formula is C10H16N4. The molecule has 14 heavy (non-hydrogen) atoms. The predicted octanol–water partition coefficient (Wildman–Crippen LogP) is -0.111. The SMILES string of the molecule is N#C[C@@H]1CN2CCCN3CCCN1[C@H]32. The van der Waals surface area contributed by atoms with Gasteiger partial charge in [-0.1, -0.05) is 0 Å². The monoisotopic (exact) mass is 192 g/mol. The number of nitriles is 1. The molecule has 76 valence electrons. The minimum atomic E-state index is 0.140. The van der Waals surface area contributed by atoms with Crippen LogP contribution in [0.25, 0.3) is 0 Å². The predicted molar refractivity (Wildman–Crippen MR) is 52.3 cm³/mol. The Bertz CT molecular complexity index is 270. The molecule has 3 rings (SSSR count). The van der Waals surface area contributed by atoms with Crippen LogP contribution >= 0.6 is 0 Å². The summed E-state index contributed by atoms with van der Waals surface area (Å²) in [5.74, 6) is 0. The fourth-order valence-electron chi connectivity index (χ4n) is 3.10. The van der Waals surface area contributed by atoms with Crippen LogP contribution in [0.1, 0.15) is 12.8 Å². The maximum atomic E-state index is 9.09. The summed E-state index contributed by atoms with van der Waals surface area (Å²) < 4.78 is 0. The van der Waals surface area contributed by atoms with Gasteiger partial charge in [0, 0.05) is 32.7 Å². The Morgan fingerprint density at radius 1 is 1.00 bits per heavy atom. The number of hydrogen-bond donors (Lipinski definition) is 0. The summed E-state index contributed by atoms with van der Waals surface area (Å²) in [6, 6.07) is 2.57. The molecular weight excluding hydrogens is 176 g/mol. The highest BCUT2D eigenvalue weighted by Crippen LogP contribution is 2.29. The third kappa shape index (κ3) is 1.10. The van der Waals surface area contributed by atoms with Crippen molar-refractivity contribution < 1.29 is 0 Å². The summed E-state index contributed by atoms with van der Waals surface area (Å²) in [4.78, 5) is 7.38. The van der Waals surface area contributed by atoms with Crippen molar-refractivity contribution in [3.63, 3.8) is 0 Å². The van der Waals surface area contributed by atoms with Crippen LogP contribution in [0.2, 0.25) is 0 Å². The first kappa shape index (κ1) is 8.66. The lowest BCUT2D eigenvalue weighted by Gasteiger charge is -2.46. The van der Waals surface area contributed by atoms with Crippen molar-refractivity contribution in [2.45, 2.75) is 25.2 Å². The first-order chi connectivity index (χ1) is 6.90. The van der Waals surface area contributed by atoms with E-state index in [9.17, 15) is 0 Å². The summed E-state index contributed by atoms with van der Waals surface area (Å²) >= 11 is 0. The quantitative estimate of drug-likeness (QED) is 0.536. The summed E-state index contributed by atoms with van der Waals surface area (Å²) in [7, 11) is 0. The van der Waals surface area contributed by atoms with Gasteiger partial charge in [0.25, 0.3) is 0 Å². The maximum Gasteiger partial charge on any atom is 0.120 e. The summed E-state index contributed by atoms with van der Waals surface area (Å²) in [5.41, 5.74) is 0. The van der Waals surface area contributed by atoms with Crippen LogP contribution in [0, 0.1) is 11.3 Å². The highest BCUT2D eigenvalue weighted by Gasteiger charge is 2.45. The molecule has 4 heteroatoms. The zero-order chi connectivity index (χ0) is 9.54. The molecule has 0 spiro atoms. The van der Waals surface area contributed by atoms with E-state index < -0.39 is 0 Å². The second kappa shape index (κ2) is 3.20. The topological polar surface area (TPSA) is 33.5 Å². The Balaban J connectivity index is 1.88. The molecule has 0 aliphatic carbocycles. The molecule has 0 saturated carbocycles. The molecule has 4 nitrogen and oxygen atoms in total. The lowest BCUT2D eigenvalue weighted by molar-refractivity contribution is -0.0711. The third-order valence-electron chi connectivity index (χ3n) is 3.66. The second-order valence-corrected chi connectivity index (χ2v) is 4.47. The van der Waals surface area contributed by atoms with Crippen LogP contribution < -0.4 is 0 Å². The van der Waals surface area contributed by atoms with Crippen LogP contribution in [-0.2, 0) is 0 Å². The molecule has 3 saturated heterocycles. The van der Waals surface area contributed by atoms with Crippen LogP contribution in [0.15, 0.2) is 0 Å². The van der Waals surface area contributed by atoms with Gasteiger partial charge in [0.05, 0.1) is 6.07 Å². The van der Waals surface area contributed by atoms with Gasteiger partial charge in [-0.15, -0.1) is 0 Å². The van der Waals surface area contributed by atoms with E-state index >= 15 is 0 Å². The zero-order valence-electron chi connectivity index (χ0n) is 8.39. The molecule has 0 amide bonds. The standard InChI is InChI=1S/C10H16N4/c11-7-9-8-13-5-1-3-12-4-2-6-14(9)10(12)13/h9-10H,1-6,8H2/t9-,10-/m1/s1. The molecule has 0 aromatic rings. The van der Waals surface area contributed by atoms with Gasteiger partial charge in [-0.2, -0.15) is 5.26 Å². The van der Waals surface area contributed by atoms with E-state index in [1.165, 1.54) is 32.5 Å². The Hall–Kier alpha value is -0.630. The number of nitrogens with zero attached hydrogens (tertiary/aromatic N) is 4. The normalized spacial score (nSPS) is 39.4. The van der Waals surface area contributed by atoms with Crippen molar-refractivity contribution in [3.05, 3.63) is 0 Å². The lowest BCUT2D eigenvalue weighted by Crippen LogP contribution is -2.60. The van der Waals surface area contributed by atoms with Crippen molar-refractivity contribution in [1.82, 2.24) is 14.7 Å². The van der Waals surface area contributed by atoms with E-state index in [4.69, 9.17) is 5.26 Å². The van der Waals surface area contributed by atoms with Crippen molar-refractivity contribution in [1.29, 1.82) is 5.26 Å². The highest BCUT2D eigenvalue weighted by molar-refractivity contribution is 5.04. The smallest absolute Gasteiger partial charge is 0.120 e. The molecule has 3 aliphatic rings. The molecule has 0 bridgehead atoms. The van der Waals surface area contributed by atoms with Gasteiger partial charge in [0.1, 0.15) is 12.3 Å². The average molecular weight is 192 g/mol. The van der Waals surface area contributed by atoms with Crippen LogP contribution in [-0.4, -0.2) is 59.8 Å². The van der Waals surface area contributed by atoms with Gasteiger partial charge in [0.2, 0.25) is 0 Å². The van der Waals surface area contributed by atoms with Gasteiger partial charge in [-0.05, 0) is 12.8 Å². The van der Waals surface area contributed by atoms with Crippen molar-refractivity contribution >= 4 is 0 Å². The van der Waals surface area contributed by atoms with Crippen LogP contribution in [0.5, 0.6) is 0 Å². The molecule has 0 N–H and O–H groups in total. The van der Waals surface area contributed by atoms with Gasteiger partial charge in [-0.25, -0.2) is 0 Å². The summed E-state index contributed by atoms with van der Waals surface area (Å²) in [6.07, 6.45) is 2.95. The van der Waals surface area contributed by atoms with E-state index in [-0.39, 0.29) is 6.04 Å². The van der Waals surface area contributed by atoms with E-state index in [0.29, 0.717) is 6.29 Å². The first-order valence-corrected chi connectivity index (χ1v) is 5.53. The number of rotatable bonds is 0. The first-order valence-electron chi connectivity index (χ1n) is 5.53. The molecule has 0 aromatic carbocycles. The maximum absolute atomic E-state index is 9.09. The van der Waals surface area contributed by atoms with Crippen molar-refractivity contribution in [2.75, 3.05) is 32.7 Å². The van der Waals surface area contributed by atoms with Gasteiger partial charge < -0.3 is 0 Å². The van der Waals surface area contributed by atoms with Crippen LogP contribution in [0.4, 0.5) is 0 Å². The lowest BCUT2D eigenvalue weighted by atomic mass is 10.2. The van der Waals surface area contributed by atoms with Gasteiger partial charge in [0.15, 0.2) is 0 Å². The summed E-state index contributed by atoms with van der Waals surface area (Å²) in [5, 5.41) is 9.09. The average Bonchev–Trinajstić information content (AvgIpc) is 2.60. The van der Waals surface area contributed by atoms with Gasteiger partial charge >= 0.3 is 0 Å². The second-order valence-electron chi connectivity index (χ2n) is 4.47. The minimum absolute atomic E-state index is 0.140. The Morgan fingerprint density at radius 3 is 2.50 bits per heavy atom. The van der Waals surface area contributed by atoms with Gasteiger partial charge in [-0.3, -0.25) is 14.7 Å². The molecule has 3 aliphatic heterocycles. The Kier molecular flexibility index (Phi) is 1.98. The molecule has 0 aromatic heterocycles. The third-order valence-corrected chi connectivity index (χ3v) is 3.66. The molecule has 3 fully saturated rings. The fourth-order valence-corrected chi connectivity index (χ4v) is 3.10. The molecule has 2 atom stereocenters. The molecule has 0 radical (unpaired) electrons. The van der Waals surface area contributed by atoms with E-state index in [1.54, 1.807) is 0 Å². The Labute approximate surface area is 84.7 Å². The van der Waals surface area contributed by atoms with E-state index in [1.807, 2.05) is 0 Å². The molecule has 3 heterocycles. The van der Waals surface area contributed by atoms with Crippen LogP contribution in [0.3, 0.4) is 0 Å². The van der Waals surface area contributed by atoms with Crippen molar-refractivity contribution in [2.24, 2.45) is 0 Å².